The Bertz CT molecular complexity index is 431. The number of nitrogens with one attached hydrogen (secondary N) is 3. The average molecular weight is 239 g/mol. The number of benzene rings is 1. The van der Waals surface area contributed by atoms with Crippen LogP contribution in [0.3, 0.4) is 0 Å². The summed E-state index contributed by atoms with van der Waals surface area (Å²) in [5, 5.41) is 8.63. The number of carbonyl (C=O) groups excluding carboxylic acids is 1. The summed E-state index contributed by atoms with van der Waals surface area (Å²) < 4.78 is 0. The van der Waals surface area contributed by atoms with Gasteiger partial charge in [-0.05, 0) is 30.3 Å². The molecule has 1 unspecified atom stereocenters. The van der Waals surface area contributed by atoms with E-state index < -0.39 is 5.79 Å². The molecule has 0 saturated carbocycles. The number of anilines is 1. The summed E-state index contributed by atoms with van der Waals surface area (Å²) in [6, 6.07) is 6.67. The van der Waals surface area contributed by atoms with Gasteiger partial charge in [-0.25, -0.2) is 4.79 Å². The second-order valence-corrected chi connectivity index (χ2v) is 3.87. The van der Waals surface area contributed by atoms with Crippen molar-refractivity contribution in [2.24, 2.45) is 5.73 Å². The van der Waals surface area contributed by atoms with Gasteiger partial charge in [-0.2, -0.15) is 0 Å². The van der Waals surface area contributed by atoms with Gasteiger partial charge in [0.25, 0.3) is 0 Å². The van der Waals surface area contributed by atoms with Crippen molar-refractivity contribution in [2.75, 3.05) is 5.32 Å². The molecule has 1 aromatic rings. The van der Waals surface area contributed by atoms with E-state index in [0.29, 0.717) is 5.02 Å². The first-order chi connectivity index (χ1) is 7.57. The molecule has 0 saturated heterocycles. The number of urea groups is 1. The molecule has 0 radical (unpaired) electrons. The molecular formula is C10H11ClN4O. The molecule has 6 heteroatoms. The Kier molecular flexibility index (Phi) is 2.72. The van der Waals surface area contributed by atoms with Gasteiger partial charge in [0.1, 0.15) is 0 Å². The predicted octanol–water partition coefficient (Wildman–Crippen LogP) is 1.19. The summed E-state index contributed by atoms with van der Waals surface area (Å²) in [5.74, 6) is -1.09. The highest BCUT2D eigenvalue weighted by atomic mass is 35.5. The lowest BCUT2D eigenvalue weighted by Gasteiger charge is -2.31. The highest BCUT2D eigenvalue weighted by Crippen LogP contribution is 2.16. The Labute approximate surface area is 97.7 Å². The van der Waals surface area contributed by atoms with Gasteiger partial charge in [0.2, 0.25) is 0 Å². The molecule has 0 spiro atoms. The van der Waals surface area contributed by atoms with Gasteiger partial charge in [-0.1, -0.05) is 11.6 Å². The van der Waals surface area contributed by atoms with Gasteiger partial charge in [0.15, 0.2) is 5.79 Å². The van der Waals surface area contributed by atoms with Crippen molar-refractivity contribution in [1.82, 2.24) is 10.6 Å². The lowest BCUT2D eigenvalue weighted by Crippen LogP contribution is -2.64. The van der Waals surface area contributed by atoms with Crippen LogP contribution in [0.15, 0.2) is 36.5 Å². The quantitative estimate of drug-likeness (QED) is 0.585. The summed E-state index contributed by atoms with van der Waals surface area (Å²) in [7, 11) is 0. The molecule has 2 amide bonds. The molecule has 0 bridgehead atoms. The van der Waals surface area contributed by atoms with Crippen molar-refractivity contribution in [3.05, 3.63) is 41.6 Å². The summed E-state index contributed by atoms with van der Waals surface area (Å²) in [5.41, 5.74) is 6.68. The van der Waals surface area contributed by atoms with E-state index in [1.165, 1.54) is 6.20 Å². The van der Waals surface area contributed by atoms with E-state index in [2.05, 4.69) is 16.0 Å². The predicted molar refractivity (Wildman–Crippen MR) is 62.8 cm³/mol. The van der Waals surface area contributed by atoms with Crippen LogP contribution in [0.25, 0.3) is 0 Å². The van der Waals surface area contributed by atoms with Crippen LogP contribution >= 0.6 is 11.6 Å². The van der Waals surface area contributed by atoms with Crippen LogP contribution in [0.2, 0.25) is 5.02 Å². The number of halogens is 1. The first kappa shape index (κ1) is 10.8. The summed E-state index contributed by atoms with van der Waals surface area (Å²) >= 11 is 5.76. The zero-order valence-electron chi connectivity index (χ0n) is 8.33. The maximum absolute atomic E-state index is 11.1. The zero-order chi connectivity index (χ0) is 11.6. The molecule has 84 valence electrons. The lowest BCUT2D eigenvalue weighted by atomic mass is 10.2. The molecular weight excluding hydrogens is 228 g/mol. The normalized spacial score (nSPS) is 23.5. The number of amides is 2. The molecule has 0 fully saturated rings. The maximum Gasteiger partial charge on any atom is 0.321 e. The Balaban J connectivity index is 2.14. The Morgan fingerprint density at radius 2 is 2.00 bits per heavy atom. The minimum Gasteiger partial charge on any atom is -0.347 e. The van der Waals surface area contributed by atoms with E-state index in [0.717, 1.165) is 5.69 Å². The Hall–Kier alpha value is -1.72. The van der Waals surface area contributed by atoms with Crippen LogP contribution in [0, 0.1) is 0 Å². The van der Waals surface area contributed by atoms with Crippen LogP contribution in [-0.2, 0) is 0 Å². The van der Waals surface area contributed by atoms with Crippen molar-refractivity contribution in [2.45, 2.75) is 5.79 Å². The van der Waals surface area contributed by atoms with Crippen LogP contribution in [0.4, 0.5) is 10.5 Å². The summed E-state index contributed by atoms with van der Waals surface area (Å²) in [6.45, 7) is 0. The second kappa shape index (κ2) is 4.03. The van der Waals surface area contributed by atoms with E-state index in [1.807, 2.05) is 0 Å². The van der Waals surface area contributed by atoms with Crippen LogP contribution in [0.1, 0.15) is 0 Å². The first-order valence-corrected chi connectivity index (χ1v) is 5.04. The molecule has 0 aromatic heterocycles. The van der Waals surface area contributed by atoms with Gasteiger partial charge in [-0.3, -0.25) is 11.1 Å². The lowest BCUT2D eigenvalue weighted by molar-refractivity contribution is 0.235. The van der Waals surface area contributed by atoms with Gasteiger partial charge in [-0.15, -0.1) is 0 Å². The SMILES string of the molecule is NC1(Nc2ccc(Cl)cc2)C=CNC(=O)N1. The molecule has 1 aliphatic rings. The third-order valence-corrected chi connectivity index (χ3v) is 2.33. The highest BCUT2D eigenvalue weighted by molar-refractivity contribution is 6.30. The molecule has 16 heavy (non-hydrogen) atoms. The number of carbonyl (C=O) groups is 1. The monoisotopic (exact) mass is 238 g/mol. The largest absolute Gasteiger partial charge is 0.347 e. The molecule has 5 nitrogen and oxygen atoms in total. The van der Waals surface area contributed by atoms with E-state index in [1.54, 1.807) is 30.3 Å². The average Bonchev–Trinajstić information content (AvgIpc) is 2.21. The third-order valence-electron chi connectivity index (χ3n) is 2.08. The summed E-state index contributed by atoms with van der Waals surface area (Å²) in [6.07, 6.45) is 3.10. The molecule has 2 rings (SSSR count). The first-order valence-electron chi connectivity index (χ1n) is 4.66. The minimum atomic E-state index is -1.09. The van der Waals surface area contributed by atoms with E-state index >= 15 is 0 Å². The second-order valence-electron chi connectivity index (χ2n) is 3.43. The van der Waals surface area contributed by atoms with Gasteiger partial charge in [0, 0.05) is 16.9 Å². The van der Waals surface area contributed by atoms with E-state index in [-0.39, 0.29) is 6.03 Å². The van der Waals surface area contributed by atoms with Crippen molar-refractivity contribution in [3.63, 3.8) is 0 Å². The van der Waals surface area contributed by atoms with Crippen LogP contribution in [-0.4, -0.2) is 11.8 Å². The molecule has 1 atom stereocenters. The topological polar surface area (TPSA) is 79.2 Å². The molecule has 1 heterocycles. The highest BCUT2D eigenvalue weighted by Gasteiger charge is 2.26. The zero-order valence-corrected chi connectivity index (χ0v) is 9.08. The van der Waals surface area contributed by atoms with Crippen molar-refractivity contribution in [3.8, 4) is 0 Å². The number of nitrogens with two attached hydrogens (primary N) is 1. The van der Waals surface area contributed by atoms with E-state index in [9.17, 15) is 4.79 Å². The fourth-order valence-corrected chi connectivity index (χ4v) is 1.49. The van der Waals surface area contributed by atoms with Gasteiger partial charge in [0.05, 0.1) is 0 Å². The van der Waals surface area contributed by atoms with Gasteiger partial charge < -0.3 is 10.6 Å². The van der Waals surface area contributed by atoms with Crippen LogP contribution < -0.4 is 21.7 Å². The standard InChI is InChI=1S/C10H11ClN4O/c11-7-1-3-8(4-2-7)14-10(12)5-6-13-9(16)15-10/h1-6,14H,12H2,(H2,13,15,16). The molecule has 1 aliphatic heterocycles. The smallest absolute Gasteiger partial charge is 0.321 e. The third kappa shape index (κ3) is 2.44. The Morgan fingerprint density at radius 3 is 2.62 bits per heavy atom. The van der Waals surface area contributed by atoms with Crippen molar-refractivity contribution < 1.29 is 4.79 Å². The van der Waals surface area contributed by atoms with E-state index in [4.69, 9.17) is 17.3 Å². The fraction of sp³-hybridized carbons (Fsp3) is 0.100. The fourth-order valence-electron chi connectivity index (χ4n) is 1.36. The number of hydrogen-bond acceptors (Lipinski definition) is 3. The Morgan fingerprint density at radius 1 is 1.31 bits per heavy atom. The van der Waals surface area contributed by atoms with Crippen molar-refractivity contribution in [1.29, 1.82) is 0 Å². The maximum atomic E-state index is 11.1. The number of hydrogen-bond donors (Lipinski definition) is 4. The molecule has 1 aromatic carbocycles. The summed E-state index contributed by atoms with van der Waals surface area (Å²) in [4.78, 5) is 11.1. The minimum absolute atomic E-state index is 0.355. The van der Waals surface area contributed by atoms with Crippen molar-refractivity contribution >= 4 is 23.3 Å². The number of rotatable bonds is 2. The van der Waals surface area contributed by atoms with Gasteiger partial charge >= 0.3 is 6.03 Å². The van der Waals surface area contributed by atoms with Crippen LogP contribution in [0.5, 0.6) is 0 Å². The molecule has 5 N–H and O–H groups in total. The molecule has 0 aliphatic carbocycles.